The minimum atomic E-state index is -1.91. The first-order valence-corrected chi connectivity index (χ1v) is 10.4. The van der Waals surface area contributed by atoms with Crippen LogP contribution in [0.15, 0.2) is 29.8 Å². The monoisotopic (exact) mass is 287 g/mol. The zero-order valence-corrected chi connectivity index (χ0v) is 14.4. The predicted octanol–water partition coefficient (Wildman–Crippen LogP) is 4.09. The van der Waals surface area contributed by atoms with Crippen LogP contribution in [0.5, 0.6) is 0 Å². The molecule has 0 heterocycles. The van der Waals surface area contributed by atoms with E-state index in [2.05, 4.69) is 56.2 Å². The maximum Gasteiger partial charge on any atom is 0.214 e. The molecule has 1 N–H and O–H groups in total. The van der Waals surface area contributed by atoms with Crippen molar-refractivity contribution in [1.82, 2.24) is 4.98 Å². The molecule has 0 saturated heterocycles. The van der Waals surface area contributed by atoms with Crippen molar-refractivity contribution < 1.29 is 4.79 Å². The van der Waals surface area contributed by atoms with E-state index >= 15 is 0 Å². The van der Waals surface area contributed by atoms with E-state index in [0.29, 0.717) is 5.54 Å². The van der Waals surface area contributed by atoms with Gasteiger partial charge in [0, 0.05) is 11.5 Å². The normalized spacial score (nSPS) is 18.4. The van der Waals surface area contributed by atoms with Gasteiger partial charge >= 0.3 is 0 Å². The Morgan fingerprint density at radius 3 is 2.40 bits per heavy atom. The Balaban J connectivity index is 2.40. The summed E-state index contributed by atoms with van der Waals surface area (Å²) in [7, 11) is -1.91. The van der Waals surface area contributed by atoms with Gasteiger partial charge < -0.3 is 4.98 Å². The van der Waals surface area contributed by atoms with Gasteiger partial charge in [0.1, 0.15) is 0 Å². The first-order chi connectivity index (χ1) is 9.25. The number of hydrogen-bond donors (Lipinski definition) is 1. The molecular weight excluding hydrogens is 262 g/mol. The first-order valence-electron chi connectivity index (χ1n) is 7.34. The number of fused-ring (bicyclic) bond motifs is 1. The van der Waals surface area contributed by atoms with Gasteiger partial charge in [-0.05, 0) is 30.5 Å². The number of nitrogens with one attached hydrogen (secondary N) is 1. The summed E-state index contributed by atoms with van der Waals surface area (Å²) in [5.41, 5.74) is 5.94. The van der Waals surface area contributed by atoms with E-state index in [1.165, 1.54) is 22.3 Å². The van der Waals surface area contributed by atoms with Crippen molar-refractivity contribution in [2.24, 2.45) is 5.92 Å². The average molecular weight is 287 g/mol. The van der Waals surface area contributed by atoms with Crippen LogP contribution in [0.1, 0.15) is 44.4 Å². The van der Waals surface area contributed by atoms with Crippen molar-refractivity contribution in [3.05, 3.63) is 41.0 Å². The SMILES string of the molecule is CC1=C(C)C([Si](C)(C)NC(=O)C(C)C)c2ccccc21. The van der Waals surface area contributed by atoms with E-state index < -0.39 is 8.24 Å². The highest BCUT2D eigenvalue weighted by Crippen LogP contribution is 2.45. The fraction of sp³-hybridized carbons (Fsp3) is 0.471. The molecule has 0 bridgehead atoms. The van der Waals surface area contributed by atoms with Crippen molar-refractivity contribution in [1.29, 1.82) is 0 Å². The number of rotatable bonds is 3. The average Bonchev–Trinajstić information content (AvgIpc) is 2.62. The lowest BCUT2D eigenvalue weighted by atomic mass is 10.1. The van der Waals surface area contributed by atoms with E-state index in [-0.39, 0.29) is 11.8 Å². The van der Waals surface area contributed by atoms with Crippen LogP contribution in [0, 0.1) is 5.92 Å². The number of carbonyl (C=O) groups excluding carboxylic acids is 1. The quantitative estimate of drug-likeness (QED) is 0.833. The Morgan fingerprint density at radius 2 is 1.80 bits per heavy atom. The summed E-state index contributed by atoms with van der Waals surface area (Å²) in [5, 5.41) is 0. The minimum Gasteiger partial charge on any atom is -0.381 e. The summed E-state index contributed by atoms with van der Waals surface area (Å²) in [5.74, 6) is 0.223. The third kappa shape index (κ3) is 2.47. The molecule has 0 aromatic heterocycles. The molecule has 0 aliphatic heterocycles. The topological polar surface area (TPSA) is 29.1 Å². The molecule has 20 heavy (non-hydrogen) atoms. The second kappa shape index (κ2) is 5.21. The van der Waals surface area contributed by atoms with Crippen LogP contribution < -0.4 is 4.98 Å². The van der Waals surface area contributed by atoms with Crippen molar-refractivity contribution in [2.45, 2.75) is 46.3 Å². The first kappa shape index (κ1) is 15.0. The molecular formula is C17H25NOSi. The fourth-order valence-electron chi connectivity index (χ4n) is 3.22. The van der Waals surface area contributed by atoms with Crippen molar-refractivity contribution in [2.75, 3.05) is 0 Å². The van der Waals surface area contributed by atoms with Crippen molar-refractivity contribution in [3.63, 3.8) is 0 Å². The summed E-state index contributed by atoms with van der Waals surface area (Å²) >= 11 is 0. The Morgan fingerprint density at radius 1 is 1.20 bits per heavy atom. The molecule has 1 unspecified atom stereocenters. The highest BCUT2D eigenvalue weighted by atomic mass is 28.3. The highest BCUT2D eigenvalue weighted by molar-refractivity contribution is 6.79. The summed E-state index contributed by atoms with van der Waals surface area (Å²) in [4.78, 5) is 15.5. The Hall–Kier alpha value is -1.35. The molecule has 0 fully saturated rings. The molecule has 2 rings (SSSR count). The van der Waals surface area contributed by atoms with Gasteiger partial charge in [-0.25, -0.2) is 0 Å². The zero-order chi connectivity index (χ0) is 15.1. The van der Waals surface area contributed by atoms with Gasteiger partial charge in [0.25, 0.3) is 0 Å². The summed E-state index contributed by atoms with van der Waals surface area (Å²) < 4.78 is 0. The maximum atomic E-state index is 12.1. The van der Waals surface area contributed by atoms with E-state index in [4.69, 9.17) is 0 Å². The van der Waals surface area contributed by atoms with Crippen LogP contribution in [-0.4, -0.2) is 14.1 Å². The number of allylic oxidation sites excluding steroid dienone is 2. The van der Waals surface area contributed by atoms with Crippen LogP contribution >= 0.6 is 0 Å². The molecule has 1 aliphatic rings. The third-order valence-corrected chi connectivity index (χ3v) is 7.47. The van der Waals surface area contributed by atoms with Crippen LogP contribution in [-0.2, 0) is 4.79 Å². The molecule has 1 amide bonds. The van der Waals surface area contributed by atoms with Crippen LogP contribution in [0.2, 0.25) is 13.1 Å². The van der Waals surface area contributed by atoms with E-state index in [0.717, 1.165) is 0 Å². The summed E-state index contributed by atoms with van der Waals surface area (Å²) in [6.45, 7) is 12.8. The molecule has 0 radical (unpaired) electrons. The highest BCUT2D eigenvalue weighted by Gasteiger charge is 2.41. The van der Waals surface area contributed by atoms with E-state index in [1.807, 2.05) is 13.8 Å². The van der Waals surface area contributed by atoms with Crippen LogP contribution in [0.4, 0.5) is 0 Å². The molecule has 2 nitrogen and oxygen atoms in total. The van der Waals surface area contributed by atoms with E-state index in [1.54, 1.807) is 0 Å². The van der Waals surface area contributed by atoms with Gasteiger partial charge in [-0.3, -0.25) is 4.79 Å². The number of hydrogen-bond acceptors (Lipinski definition) is 1. The van der Waals surface area contributed by atoms with Gasteiger partial charge in [-0.2, -0.15) is 0 Å². The largest absolute Gasteiger partial charge is 0.381 e. The molecule has 1 aromatic rings. The second-order valence-electron chi connectivity index (χ2n) is 6.69. The fourth-order valence-corrected chi connectivity index (χ4v) is 6.61. The van der Waals surface area contributed by atoms with E-state index in [9.17, 15) is 4.79 Å². The number of benzene rings is 1. The Labute approximate surface area is 123 Å². The Kier molecular flexibility index (Phi) is 3.92. The number of carbonyl (C=O) groups is 1. The summed E-state index contributed by atoms with van der Waals surface area (Å²) in [6.07, 6.45) is 0. The smallest absolute Gasteiger partial charge is 0.214 e. The molecule has 0 spiro atoms. The molecule has 0 saturated carbocycles. The molecule has 1 aromatic carbocycles. The standard InChI is InChI=1S/C17H25NOSi/c1-11(2)17(19)18-20(5,6)16-13(4)12(3)14-9-7-8-10-15(14)16/h7-11,16H,1-6H3,(H,18,19). The van der Waals surface area contributed by atoms with Crippen LogP contribution in [0.25, 0.3) is 5.57 Å². The second-order valence-corrected chi connectivity index (χ2v) is 11.0. The lowest BCUT2D eigenvalue weighted by Gasteiger charge is -2.33. The molecule has 3 heteroatoms. The van der Waals surface area contributed by atoms with Gasteiger partial charge in [0.05, 0.1) is 0 Å². The van der Waals surface area contributed by atoms with Gasteiger partial charge in [0.15, 0.2) is 8.24 Å². The number of amides is 1. The third-order valence-electron chi connectivity index (χ3n) is 4.39. The van der Waals surface area contributed by atoms with Gasteiger partial charge in [-0.15, -0.1) is 0 Å². The van der Waals surface area contributed by atoms with Gasteiger partial charge in [-0.1, -0.05) is 56.8 Å². The molecule has 1 atom stereocenters. The van der Waals surface area contributed by atoms with Crippen molar-refractivity contribution >= 4 is 19.7 Å². The lowest BCUT2D eigenvalue weighted by molar-refractivity contribution is -0.122. The molecule has 108 valence electrons. The van der Waals surface area contributed by atoms with Crippen molar-refractivity contribution in [3.8, 4) is 0 Å². The van der Waals surface area contributed by atoms with Gasteiger partial charge in [0.2, 0.25) is 5.91 Å². The predicted molar refractivity (Wildman–Crippen MR) is 87.9 cm³/mol. The Bertz CT molecular complexity index is 572. The zero-order valence-electron chi connectivity index (χ0n) is 13.4. The molecule has 1 aliphatic carbocycles. The summed E-state index contributed by atoms with van der Waals surface area (Å²) in [6, 6.07) is 8.62. The maximum absolute atomic E-state index is 12.1. The van der Waals surface area contributed by atoms with Crippen LogP contribution in [0.3, 0.4) is 0 Å². The minimum absolute atomic E-state index is 0.0452. The lowest BCUT2D eigenvalue weighted by Crippen LogP contribution is -2.54.